The van der Waals surface area contributed by atoms with Crippen LogP contribution in [0.25, 0.3) is 0 Å². The van der Waals surface area contributed by atoms with E-state index in [0.717, 1.165) is 17.3 Å². The van der Waals surface area contributed by atoms with Gasteiger partial charge in [-0.15, -0.1) is 0 Å². The van der Waals surface area contributed by atoms with E-state index in [4.69, 9.17) is 17.3 Å². The fraction of sp³-hybridized carbons (Fsp3) is 0.214. The Labute approximate surface area is 132 Å². The van der Waals surface area contributed by atoms with Gasteiger partial charge in [0.1, 0.15) is 0 Å². The molecule has 0 atom stereocenters. The molecule has 3 N–H and O–H groups in total. The van der Waals surface area contributed by atoms with Gasteiger partial charge in [0.25, 0.3) is 0 Å². The Balaban J connectivity index is 1.74. The lowest BCUT2D eigenvalue weighted by atomic mass is 10.2. The molecule has 0 saturated heterocycles. The molecule has 110 valence electrons. The van der Waals surface area contributed by atoms with Crippen molar-refractivity contribution in [1.82, 2.24) is 9.97 Å². The van der Waals surface area contributed by atoms with Crippen molar-refractivity contribution < 1.29 is 4.79 Å². The Morgan fingerprint density at radius 1 is 1.33 bits per heavy atom. The van der Waals surface area contributed by atoms with Crippen molar-refractivity contribution in [3.63, 3.8) is 0 Å². The molecule has 0 fully saturated rings. The zero-order valence-corrected chi connectivity index (χ0v) is 12.8. The van der Waals surface area contributed by atoms with Gasteiger partial charge < -0.3 is 11.1 Å². The number of carbonyl (C=O) groups excluding carboxylic acids is 1. The molecule has 2 rings (SSSR count). The highest BCUT2D eigenvalue weighted by atomic mass is 35.5. The van der Waals surface area contributed by atoms with Crippen molar-refractivity contribution >= 4 is 40.6 Å². The molecule has 1 aromatic heterocycles. The molecule has 7 heteroatoms. The summed E-state index contributed by atoms with van der Waals surface area (Å²) in [6, 6.07) is 6.76. The van der Waals surface area contributed by atoms with Crippen molar-refractivity contribution in [3.8, 4) is 0 Å². The van der Waals surface area contributed by atoms with Crippen LogP contribution in [-0.2, 0) is 4.79 Å². The molecule has 21 heavy (non-hydrogen) atoms. The highest BCUT2D eigenvalue weighted by Gasteiger charge is 2.06. The molecule has 2 aromatic rings. The minimum Gasteiger partial charge on any atom is -0.397 e. The summed E-state index contributed by atoms with van der Waals surface area (Å²) in [6.07, 6.45) is 4.54. The highest BCUT2D eigenvalue weighted by Crippen LogP contribution is 2.23. The third kappa shape index (κ3) is 5.24. The summed E-state index contributed by atoms with van der Waals surface area (Å²) in [4.78, 5) is 20.0. The summed E-state index contributed by atoms with van der Waals surface area (Å²) < 4.78 is 0. The third-order valence-corrected chi connectivity index (χ3v) is 3.81. The molecule has 1 amide bonds. The van der Waals surface area contributed by atoms with Crippen molar-refractivity contribution in [2.45, 2.75) is 18.0 Å². The van der Waals surface area contributed by atoms with E-state index < -0.39 is 0 Å². The molecule has 0 aliphatic heterocycles. The number of benzene rings is 1. The summed E-state index contributed by atoms with van der Waals surface area (Å²) in [5, 5.41) is 4.02. The fourth-order valence-electron chi connectivity index (χ4n) is 1.61. The van der Waals surface area contributed by atoms with Crippen LogP contribution in [0.5, 0.6) is 0 Å². The van der Waals surface area contributed by atoms with Crippen LogP contribution < -0.4 is 11.1 Å². The number of halogens is 1. The first kappa shape index (κ1) is 15.6. The van der Waals surface area contributed by atoms with Gasteiger partial charge in [-0.1, -0.05) is 23.4 Å². The Morgan fingerprint density at radius 2 is 2.10 bits per heavy atom. The van der Waals surface area contributed by atoms with Gasteiger partial charge in [-0.05, 0) is 30.7 Å². The predicted octanol–water partition coefficient (Wildman–Crippen LogP) is 3.22. The van der Waals surface area contributed by atoms with E-state index in [0.29, 0.717) is 22.8 Å². The number of nitrogens with one attached hydrogen (secondary N) is 1. The van der Waals surface area contributed by atoms with Gasteiger partial charge in [0.15, 0.2) is 5.16 Å². The van der Waals surface area contributed by atoms with Crippen molar-refractivity contribution in [1.29, 1.82) is 0 Å². The summed E-state index contributed by atoms with van der Waals surface area (Å²) in [6.45, 7) is 0. The molecule has 0 unspecified atom stereocenters. The topological polar surface area (TPSA) is 80.9 Å². The number of hydrogen-bond acceptors (Lipinski definition) is 5. The normalized spacial score (nSPS) is 10.3. The summed E-state index contributed by atoms with van der Waals surface area (Å²) in [5.41, 5.74) is 6.82. The van der Waals surface area contributed by atoms with Crippen LogP contribution in [0.4, 0.5) is 11.4 Å². The highest BCUT2D eigenvalue weighted by molar-refractivity contribution is 7.99. The number of rotatable bonds is 6. The van der Waals surface area contributed by atoms with Crippen LogP contribution in [0.2, 0.25) is 5.02 Å². The Bertz CT molecular complexity index is 609. The van der Waals surface area contributed by atoms with E-state index in [2.05, 4.69) is 15.3 Å². The molecule has 0 saturated carbocycles. The smallest absolute Gasteiger partial charge is 0.224 e. The van der Waals surface area contributed by atoms with Gasteiger partial charge in [0.2, 0.25) is 5.91 Å². The van der Waals surface area contributed by atoms with Crippen molar-refractivity contribution in [2.75, 3.05) is 16.8 Å². The fourth-order valence-corrected chi connectivity index (χ4v) is 2.52. The van der Waals surface area contributed by atoms with Crippen LogP contribution in [0.15, 0.2) is 41.8 Å². The van der Waals surface area contributed by atoms with Crippen LogP contribution >= 0.6 is 23.4 Å². The number of anilines is 2. The van der Waals surface area contributed by atoms with E-state index >= 15 is 0 Å². The molecular formula is C14H15ClN4OS. The minimum absolute atomic E-state index is 0.0847. The van der Waals surface area contributed by atoms with E-state index in [1.807, 2.05) is 0 Å². The lowest BCUT2D eigenvalue weighted by Gasteiger charge is -2.08. The number of aromatic nitrogens is 2. The first-order chi connectivity index (χ1) is 10.1. The van der Waals surface area contributed by atoms with Crippen LogP contribution in [-0.4, -0.2) is 21.6 Å². The van der Waals surface area contributed by atoms with E-state index in [-0.39, 0.29) is 5.91 Å². The predicted molar refractivity (Wildman–Crippen MR) is 86.5 cm³/mol. The molecule has 0 aliphatic rings. The lowest BCUT2D eigenvalue weighted by molar-refractivity contribution is -0.116. The van der Waals surface area contributed by atoms with Crippen LogP contribution in [0.3, 0.4) is 0 Å². The maximum atomic E-state index is 11.8. The SMILES string of the molecule is Nc1ccc(Cl)cc1NC(=O)CCCSc1ncccn1. The lowest BCUT2D eigenvalue weighted by Crippen LogP contribution is -2.12. The van der Waals surface area contributed by atoms with Gasteiger partial charge in [-0.2, -0.15) is 0 Å². The van der Waals surface area contributed by atoms with Gasteiger partial charge in [0.05, 0.1) is 11.4 Å². The number of nitrogen functional groups attached to an aromatic ring is 1. The molecule has 0 spiro atoms. The van der Waals surface area contributed by atoms with E-state index in [1.54, 1.807) is 36.7 Å². The molecule has 0 aliphatic carbocycles. The van der Waals surface area contributed by atoms with Gasteiger partial charge in [-0.25, -0.2) is 9.97 Å². The second kappa shape index (κ2) is 7.85. The standard InChI is InChI=1S/C14H15ClN4OS/c15-10-4-5-11(16)12(9-10)19-13(20)3-1-8-21-14-17-6-2-7-18-14/h2,4-7,9H,1,3,8,16H2,(H,19,20). The Hall–Kier alpha value is -1.79. The molecule has 1 heterocycles. The molecule has 0 bridgehead atoms. The van der Waals surface area contributed by atoms with E-state index in [1.165, 1.54) is 11.8 Å². The second-order valence-electron chi connectivity index (χ2n) is 4.26. The maximum absolute atomic E-state index is 11.8. The summed E-state index contributed by atoms with van der Waals surface area (Å²) in [7, 11) is 0. The largest absolute Gasteiger partial charge is 0.397 e. The van der Waals surface area contributed by atoms with Crippen LogP contribution in [0, 0.1) is 0 Å². The minimum atomic E-state index is -0.0847. The zero-order valence-electron chi connectivity index (χ0n) is 11.3. The monoisotopic (exact) mass is 322 g/mol. The van der Waals surface area contributed by atoms with Crippen molar-refractivity contribution in [3.05, 3.63) is 41.7 Å². The third-order valence-electron chi connectivity index (χ3n) is 2.61. The number of nitrogens with two attached hydrogens (primary N) is 1. The average molecular weight is 323 g/mol. The summed E-state index contributed by atoms with van der Waals surface area (Å²) in [5.74, 6) is 0.696. The second-order valence-corrected chi connectivity index (χ2v) is 5.76. The molecule has 0 radical (unpaired) electrons. The molecule has 5 nitrogen and oxygen atoms in total. The van der Waals surface area contributed by atoms with Gasteiger partial charge in [-0.3, -0.25) is 4.79 Å². The molecular weight excluding hydrogens is 308 g/mol. The van der Waals surface area contributed by atoms with Crippen molar-refractivity contribution in [2.24, 2.45) is 0 Å². The number of hydrogen-bond donors (Lipinski definition) is 2. The quantitative estimate of drug-likeness (QED) is 0.369. The number of thioether (sulfide) groups is 1. The maximum Gasteiger partial charge on any atom is 0.224 e. The Morgan fingerprint density at radius 3 is 2.86 bits per heavy atom. The first-order valence-electron chi connectivity index (χ1n) is 6.40. The number of nitrogens with zero attached hydrogens (tertiary/aromatic N) is 2. The Kier molecular flexibility index (Phi) is 5.83. The molecule has 1 aromatic carbocycles. The zero-order chi connectivity index (χ0) is 15.1. The summed E-state index contributed by atoms with van der Waals surface area (Å²) >= 11 is 7.40. The van der Waals surface area contributed by atoms with E-state index in [9.17, 15) is 4.79 Å². The number of amides is 1. The van der Waals surface area contributed by atoms with Gasteiger partial charge in [0, 0.05) is 29.6 Å². The average Bonchev–Trinajstić information content (AvgIpc) is 2.48. The van der Waals surface area contributed by atoms with Gasteiger partial charge >= 0.3 is 0 Å². The number of carbonyl (C=O) groups is 1. The van der Waals surface area contributed by atoms with Crippen LogP contribution in [0.1, 0.15) is 12.8 Å². The first-order valence-corrected chi connectivity index (χ1v) is 7.76.